The van der Waals surface area contributed by atoms with Crippen LogP contribution in [0.4, 0.5) is 11.4 Å². The lowest BCUT2D eigenvalue weighted by Crippen LogP contribution is -3.08. The molecule has 0 unspecified atom stereocenters. The molecule has 2 aromatic carbocycles. The molecule has 0 spiro atoms. The smallest absolute Gasteiger partial charge is 0.293 e. The molecule has 1 heterocycles. The van der Waals surface area contributed by atoms with Crippen molar-refractivity contribution < 1.29 is 14.6 Å². The lowest BCUT2D eigenvalue weighted by atomic mass is 10.1. The molecule has 3 N–H and O–H groups in total. The second-order valence-corrected chi connectivity index (χ2v) is 7.99. The predicted octanol–water partition coefficient (Wildman–Crippen LogP) is 2.28. The first kappa shape index (κ1) is 19.4. The second kappa shape index (κ2) is 8.61. The van der Waals surface area contributed by atoms with Crippen molar-refractivity contribution in [2.24, 2.45) is 0 Å². The van der Waals surface area contributed by atoms with Crippen molar-refractivity contribution in [3.8, 4) is 0 Å². The zero-order valence-corrected chi connectivity index (χ0v) is 16.4. The van der Waals surface area contributed by atoms with Gasteiger partial charge in [0.05, 0.1) is 18.0 Å². The molecule has 2 aromatic rings. The van der Waals surface area contributed by atoms with Crippen LogP contribution in [-0.2, 0) is 13.1 Å². The third kappa shape index (κ3) is 4.92. The zero-order valence-electron chi connectivity index (χ0n) is 16.4. The number of amides is 1. The van der Waals surface area contributed by atoms with E-state index in [0.717, 1.165) is 24.9 Å². The van der Waals surface area contributed by atoms with Crippen LogP contribution in [0.5, 0.6) is 0 Å². The Balaban J connectivity index is 1.43. The number of hydrogen-bond acceptors (Lipinski definition) is 4. The van der Waals surface area contributed by atoms with Gasteiger partial charge in [0.25, 0.3) is 11.6 Å². The molecule has 1 aliphatic carbocycles. The standard InChI is InChI=1S/C22H26N4O3/c27-22(16-7-10-20(24-19-8-9-19)21(13-16)26(28)29)23-14-17-5-1-2-6-18(17)15-25-11-3-4-12-25/h1-2,5-7,10,13,19,24H,3-4,8-9,11-12,14-15H2,(H,23,27)/p+1. The summed E-state index contributed by atoms with van der Waals surface area (Å²) in [7, 11) is 0. The van der Waals surface area contributed by atoms with Crippen molar-refractivity contribution in [1.29, 1.82) is 0 Å². The van der Waals surface area contributed by atoms with Gasteiger partial charge in [-0.1, -0.05) is 24.3 Å². The van der Waals surface area contributed by atoms with E-state index in [1.807, 2.05) is 18.2 Å². The minimum atomic E-state index is -0.435. The Morgan fingerprint density at radius 2 is 1.83 bits per heavy atom. The number of nitrogens with one attached hydrogen (secondary N) is 3. The summed E-state index contributed by atoms with van der Waals surface area (Å²) >= 11 is 0. The minimum absolute atomic E-state index is 0.0532. The van der Waals surface area contributed by atoms with Crippen LogP contribution in [-0.4, -0.2) is 30.0 Å². The van der Waals surface area contributed by atoms with Gasteiger partial charge in [-0.2, -0.15) is 0 Å². The topological polar surface area (TPSA) is 88.7 Å². The molecule has 1 saturated carbocycles. The monoisotopic (exact) mass is 395 g/mol. The molecule has 1 aliphatic heterocycles. The SMILES string of the molecule is O=C(NCc1ccccc1C[NH+]1CCCC1)c1ccc(NC2CC2)c([N+](=O)[O-])c1. The van der Waals surface area contributed by atoms with Crippen molar-refractivity contribution in [3.63, 3.8) is 0 Å². The normalized spacial score (nSPS) is 16.6. The summed E-state index contributed by atoms with van der Waals surface area (Å²) in [6, 6.07) is 13.1. The van der Waals surface area contributed by atoms with Crippen LogP contribution < -0.4 is 15.5 Å². The van der Waals surface area contributed by atoms with E-state index in [1.54, 1.807) is 17.0 Å². The Hall–Kier alpha value is -2.93. The molecule has 1 amide bonds. The Morgan fingerprint density at radius 1 is 1.10 bits per heavy atom. The fourth-order valence-corrected chi connectivity index (χ4v) is 3.89. The van der Waals surface area contributed by atoms with Crippen LogP contribution in [0.25, 0.3) is 0 Å². The number of anilines is 1. The van der Waals surface area contributed by atoms with E-state index in [2.05, 4.69) is 16.7 Å². The number of carbonyl (C=O) groups is 1. The van der Waals surface area contributed by atoms with Crippen molar-refractivity contribution in [2.75, 3.05) is 18.4 Å². The highest BCUT2D eigenvalue weighted by atomic mass is 16.6. The quantitative estimate of drug-likeness (QED) is 0.473. The number of benzene rings is 2. The van der Waals surface area contributed by atoms with E-state index in [1.165, 1.54) is 37.6 Å². The van der Waals surface area contributed by atoms with Crippen LogP contribution in [0.1, 0.15) is 47.2 Å². The number of carbonyl (C=O) groups excluding carboxylic acids is 1. The highest BCUT2D eigenvalue weighted by Gasteiger charge is 2.25. The van der Waals surface area contributed by atoms with E-state index in [4.69, 9.17) is 0 Å². The lowest BCUT2D eigenvalue weighted by Gasteiger charge is -2.15. The molecule has 7 heteroatoms. The minimum Gasteiger partial charge on any atom is -0.377 e. The molecule has 29 heavy (non-hydrogen) atoms. The number of rotatable bonds is 8. The molecule has 0 radical (unpaired) electrons. The van der Waals surface area contributed by atoms with E-state index in [9.17, 15) is 14.9 Å². The number of nitrogens with zero attached hydrogens (tertiary/aromatic N) is 1. The lowest BCUT2D eigenvalue weighted by molar-refractivity contribution is -0.901. The van der Waals surface area contributed by atoms with Crippen LogP contribution in [0, 0.1) is 10.1 Å². The van der Waals surface area contributed by atoms with Gasteiger partial charge in [-0.05, 0) is 30.5 Å². The van der Waals surface area contributed by atoms with Crippen molar-refractivity contribution >= 4 is 17.3 Å². The molecular formula is C22H27N4O3+. The summed E-state index contributed by atoms with van der Waals surface area (Å²) in [5.74, 6) is -0.297. The van der Waals surface area contributed by atoms with Crippen LogP contribution >= 0.6 is 0 Å². The Labute approximate surface area is 170 Å². The van der Waals surface area contributed by atoms with Crippen LogP contribution in [0.2, 0.25) is 0 Å². The number of nitro benzene ring substituents is 1. The van der Waals surface area contributed by atoms with Gasteiger partial charge in [-0.3, -0.25) is 14.9 Å². The van der Waals surface area contributed by atoms with Gasteiger partial charge in [0.1, 0.15) is 12.2 Å². The predicted molar refractivity (Wildman–Crippen MR) is 111 cm³/mol. The molecule has 152 valence electrons. The molecule has 4 rings (SSSR count). The average Bonchev–Trinajstić information content (AvgIpc) is 3.39. The fraction of sp³-hybridized carbons (Fsp3) is 0.409. The number of nitro groups is 1. The summed E-state index contributed by atoms with van der Waals surface area (Å²) < 4.78 is 0. The Morgan fingerprint density at radius 3 is 2.52 bits per heavy atom. The van der Waals surface area contributed by atoms with Crippen molar-refractivity contribution in [3.05, 3.63) is 69.3 Å². The molecule has 0 bridgehead atoms. The second-order valence-electron chi connectivity index (χ2n) is 7.99. The summed E-state index contributed by atoms with van der Waals surface area (Å²) in [6.45, 7) is 3.79. The summed E-state index contributed by atoms with van der Waals surface area (Å²) in [5.41, 5.74) is 3.08. The first-order valence-electron chi connectivity index (χ1n) is 10.3. The third-order valence-corrected chi connectivity index (χ3v) is 5.70. The van der Waals surface area contributed by atoms with E-state index in [0.29, 0.717) is 23.8 Å². The highest BCUT2D eigenvalue weighted by Crippen LogP contribution is 2.31. The largest absolute Gasteiger partial charge is 0.377 e. The molecule has 0 atom stereocenters. The summed E-state index contributed by atoms with van der Waals surface area (Å²) in [4.78, 5) is 25.2. The average molecular weight is 395 g/mol. The third-order valence-electron chi connectivity index (χ3n) is 5.70. The molecule has 2 aliphatic rings. The molecular weight excluding hydrogens is 368 g/mol. The summed E-state index contributed by atoms with van der Waals surface area (Å²) in [6.07, 6.45) is 4.60. The number of quaternary nitrogens is 1. The van der Waals surface area contributed by atoms with Crippen molar-refractivity contribution in [1.82, 2.24) is 5.32 Å². The van der Waals surface area contributed by atoms with Gasteiger partial charge in [-0.25, -0.2) is 0 Å². The van der Waals surface area contributed by atoms with Gasteiger partial charge in [0, 0.05) is 42.6 Å². The Kier molecular flexibility index (Phi) is 5.76. The van der Waals surface area contributed by atoms with Crippen LogP contribution in [0.3, 0.4) is 0 Å². The maximum Gasteiger partial charge on any atom is 0.293 e. The zero-order chi connectivity index (χ0) is 20.2. The number of hydrogen-bond donors (Lipinski definition) is 3. The molecule has 0 aromatic heterocycles. The molecule has 1 saturated heterocycles. The maximum absolute atomic E-state index is 12.6. The molecule has 2 fully saturated rings. The Bertz CT molecular complexity index is 905. The van der Waals surface area contributed by atoms with Gasteiger partial charge >= 0.3 is 0 Å². The van der Waals surface area contributed by atoms with Crippen molar-refractivity contribution in [2.45, 2.75) is 44.8 Å². The summed E-state index contributed by atoms with van der Waals surface area (Å²) in [5, 5.41) is 17.5. The van der Waals surface area contributed by atoms with Crippen LogP contribution in [0.15, 0.2) is 42.5 Å². The first-order valence-corrected chi connectivity index (χ1v) is 10.3. The molecule has 7 nitrogen and oxygen atoms in total. The van der Waals surface area contributed by atoms with E-state index >= 15 is 0 Å². The maximum atomic E-state index is 12.6. The van der Waals surface area contributed by atoms with E-state index in [-0.39, 0.29) is 11.6 Å². The highest BCUT2D eigenvalue weighted by molar-refractivity contribution is 5.95. The van der Waals surface area contributed by atoms with Gasteiger partial charge < -0.3 is 15.5 Å². The van der Waals surface area contributed by atoms with Gasteiger partial charge in [-0.15, -0.1) is 0 Å². The first-order chi connectivity index (χ1) is 14.1. The number of likely N-dealkylation sites (tertiary alicyclic amines) is 1. The van der Waals surface area contributed by atoms with Gasteiger partial charge in [0.2, 0.25) is 0 Å². The fourth-order valence-electron chi connectivity index (χ4n) is 3.89. The van der Waals surface area contributed by atoms with Gasteiger partial charge in [0.15, 0.2) is 0 Å². The van der Waals surface area contributed by atoms with E-state index < -0.39 is 4.92 Å².